The van der Waals surface area contributed by atoms with Crippen molar-refractivity contribution in [3.63, 3.8) is 0 Å². The SMILES string of the molecule is Cn1c(=O)oc2cc(C(=O)c3cc(I)ccc3Br)ccc21. The molecular weight excluding hydrogens is 449 g/mol. The van der Waals surface area contributed by atoms with Gasteiger partial charge in [0.1, 0.15) is 0 Å². The summed E-state index contributed by atoms with van der Waals surface area (Å²) in [6.07, 6.45) is 0. The predicted molar refractivity (Wildman–Crippen MR) is 91.7 cm³/mol. The van der Waals surface area contributed by atoms with E-state index in [1.165, 1.54) is 4.57 Å². The summed E-state index contributed by atoms with van der Waals surface area (Å²) in [5, 5.41) is 0. The zero-order chi connectivity index (χ0) is 15.1. The first-order valence-corrected chi connectivity index (χ1v) is 7.94. The van der Waals surface area contributed by atoms with Gasteiger partial charge >= 0.3 is 5.76 Å². The van der Waals surface area contributed by atoms with Gasteiger partial charge in [-0.05, 0) is 59.0 Å². The summed E-state index contributed by atoms with van der Waals surface area (Å²) < 4.78 is 8.25. The highest BCUT2D eigenvalue weighted by molar-refractivity contribution is 14.1. The van der Waals surface area contributed by atoms with Crippen LogP contribution in [-0.4, -0.2) is 10.4 Å². The first-order chi connectivity index (χ1) is 9.97. The monoisotopic (exact) mass is 457 g/mol. The molecule has 106 valence electrons. The van der Waals surface area contributed by atoms with Crippen LogP contribution in [-0.2, 0) is 7.05 Å². The summed E-state index contributed by atoms with van der Waals surface area (Å²) >= 11 is 5.55. The molecule has 0 aliphatic rings. The highest BCUT2D eigenvalue weighted by Gasteiger charge is 2.15. The van der Waals surface area contributed by atoms with Crippen molar-refractivity contribution in [1.82, 2.24) is 4.57 Å². The summed E-state index contributed by atoms with van der Waals surface area (Å²) in [6.45, 7) is 0. The van der Waals surface area contributed by atoms with Crippen molar-refractivity contribution in [2.45, 2.75) is 0 Å². The minimum atomic E-state index is -0.440. The second kappa shape index (κ2) is 5.42. The lowest BCUT2D eigenvalue weighted by Crippen LogP contribution is -2.08. The highest BCUT2D eigenvalue weighted by Crippen LogP contribution is 2.24. The van der Waals surface area contributed by atoms with E-state index in [2.05, 4.69) is 38.5 Å². The Labute approximate surface area is 142 Å². The minimum Gasteiger partial charge on any atom is -0.408 e. The third-order valence-electron chi connectivity index (χ3n) is 3.23. The van der Waals surface area contributed by atoms with Crippen LogP contribution < -0.4 is 5.76 Å². The van der Waals surface area contributed by atoms with Crippen LogP contribution in [0.3, 0.4) is 0 Å². The molecule has 0 saturated carbocycles. The van der Waals surface area contributed by atoms with Crippen molar-refractivity contribution in [1.29, 1.82) is 0 Å². The fourth-order valence-electron chi connectivity index (χ4n) is 2.10. The van der Waals surface area contributed by atoms with Crippen LogP contribution in [0.4, 0.5) is 0 Å². The average molecular weight is 458 g/mol. The molecule has 0 bridgehead atoms. The van der Waals surface area contributed by atoms with Crippen molar-refractivity contribution < 1.29 is 9.21 Å². The van der Waals surface area contributed by atoms with Crippen molar-refractivity contribution in [3.8, 4) is 0 Å². The van der Waals surface area contributed by atoms with Gasteiger partial charge in [-0.1, -0.05) is 15.9 Å². The number of aryl methyl sites for hydroxylation is 1. The zero-order valence-corrected chi connectivity index (χ0v) is 14.6. The van der Waals surface area contributed by atoms with Crippen molar-refractivity contribution >= 4 is 55.4 Å². The molecule has 3 aromatic rings. The van der Waals surface area contributed by atoms with Crippen LogP contribution in [0, 0.1) is 3.57 Å². The Bertz CT molecular complexity index is 926. The lowest BCUT2D eigenvalue weighted by molar-refractivity contribution is 0.103. The normalized spacial score (nSPS) is 11.0. The predicted octanol–water partition coefficient (Wildman–Crippen LogP) is 3.73. The number of hydrogen-bond donors (Lipinski definition) is 0. The molecule has 4 nitrogen and oxygen atoms in total. The van der Waals surface area contributed by atoms with E-state index in [1.54, 1.807) is 25.2 Å². The van der Waals surface area contributed by atoms with Gasteiger partial charge in [-0.15, -0.1) is 0 Å². The minimum absolute atomic E-state index is 0.117. The maximum Gasteiger partial charge on any atom is 0.419 e. The smallest absolute Gasteiger partial charge is 0.408 e. The highest BCUT2D eigenvalue weighted by atomic mass is 127. The third kappa shape index (κ3) is 2.57. The van der Waals surface area contributed by atoms with E-state index < -0.39 is 5.76 Å². The molecule has 0 saturated heterocycles. The molecule has 2 aromatic carbocycles. The molecule has 0 atom stereocenters. The molecule has 0 amide bonds. The van der Waals surface area contributed by atoms with Crippen molar-refractivity contribution in [3.05, 3.63) is 66.1 Å². The Morgan fingerprint density at radius 1 is 1.24 bits per heavy atom. The molecule has 0 N–H and O–H groups in total. The third-order valence-corrected chi connectivity index (χ3v) is 4.59. The van der Waals surface area contributed by atoms with Gasteiger partial charge in [-0.3, -0.25) is 9.36 Å². The molecule has 6 heteroatoms. The standard InChI is InChI=1S/C15H9BrINO3/c1-18-12-5-2-8(6-13(12)21-15(18)20)14(19)10-7-9(17)3-4-11(10)16/h2-7H,1H3. The number of rotatable bonds is 2. The van der Waals surface area contributed by atoms with E-state index in [4.69, 9.17) is 4.42 Å². The number of carbonyl (C=O) groups excluding carboxylic acids is 1. The summed E-state index contributed by atoms with van der Waals surface area (Å²) in [5.41, 5.74) is 2.15. The summed E-state index contributed by atoms with van der Waals surface area (Å²) in [4.78, 5) is 24.1. The fraction of sp³-hybridized carbons (Fsp3) is 0.0667. The second-order valence-corrected chi connectivity index (χ2v) is 6.66. The van der Waals surface area contributed by atoms with Gasteiger partial charge in [0.2, 0.25) is 0 Å². The Morgan fingerprint density at radius 3 is 2.76 bits per heavy atom. The number of oxazole rings is 1. The topological polar surface area (TPSA) is 52.2 Å². The van der Waals surface area contributed by atoms with E-state index >= 15 is 0 Å². The number of halogens is 2. The summed E-state index contributed by atoms with van der Waals surface area (Å²) in [7, 11) is 1.63. The van der Waals surface area contributed by atoms with Crippen LogP contribution in [0.25, 0.3) is 11.1 Å². The van der Waals surface area contributed by atoms with Crippen LogP contribution in [0.5, 0.6) is 0 Å². The maximum absolute atomic E-state index is 12.6. The second-order valence-electron chi connectivity index (χ2n) is 4.56. The molecule has 1 heterocycles. The number of nitrogens with zero attached hydrogens (tertiary/aromatic N) is 1. The number of hydrogen-bond acceptors (Lipinski definition) is 3. The van der Waals surface area contributed by atoms with Gasteiger partial charge in [0.05, 0.1) is 5.52 Å². The van der Waals surface area contributed by atoms with E-state index in [-0.39, 0.29) is 5.78 Å². The van der Waals surface area contributed by atoms with E-state index in [0.717, 1.165) is 8.04 Å². The van der Waals surface area contributed by atoms with Gasteiger partial charge in [-0.25, -0.2) is 4.79 Å². The Morgan fingerprint density at radius 2 is 2.00 bits per heavy atom. The van der Waals surface area contributed by atoms with Crippen LogP contribution in [0.2, 0.25) is 0 Å². The Balaban J connectivity index is 2.13. The van der Waals surface area contributed by atoms with Gasteiger partial charge in [0, 0.05) is 26.2 Å². The van der Waals surface area contributed by atoms with Gasteiger partial charge in [0.15, 0.2) is 11.4 Å². The molecule has 0 spiro atoms. The largest absolute Gasteiger partial charge is 0.419 e. The number of ketones is 1. The number of aromatic nitrogens is 1. The Kier molecular flexibility index (Phi) is 3.75. The molecule has 0 aliphatic heterocycles. The number of fused-ring (bicyclic) bond motifs is 1. The van der Waals surface area contributed by atoms with Crippen molar-refractivity contribution in [2.24, 2.45) is 7.05 Å². The molecule has 0 aliphatic carbocycles. The number of benzene rings is 2. The lowest BCUT2D eigenvalue weighted by atomic mass is 10.0. The molecule has 3 rings (SSSR count). The van der Waals surface area contributed by atoms with Gasteiger partial charge in [0.25, 0.3) is 0 Å². The average Bonchev–Trinajstić information content (AvgIpc) is 2.75. The number of carbonyl (C=O) groups is 1. The van der Waals surface area contributed by atoms with Crippen molar-refractivity contribution in [2.75, 3.05) is 0 Å². The zero-order valence-electron chi connectivity index (χ0n) is 10.9. The van der Waals surface area contributed by atoms with E-state index in [9.17, 15) is 9.59 Å². The Hall–Kier alpha value is -1.41. The first kappa shape index (κ1) is 14.5. The van der Waals surface area contributed by atoms with Gasteiger partial charge in [-0.2, -0.15) is 0 Å². The van der Waals surface area contributed by atoms with E-state index in [1.807, 2.05) is 18.2 Å². The molecule has 21 heavy (non-hydrogen) atoms. The molecule has 0 fully saturated rings. The fourth-order valence-corrected chi connectivity index (χ4v) is 3.02. The summed E-state index contributed by atoms with van der Waals surface area (Å²) in [5.74, 6) is -0.557. The van der Waals surface area contributed by atoms with Crippen LogP contribution >= 0.6 is 38.5 Å². The summed E-state index contributed by atoms with van der Waals surface area (Å²) in [6, 6.07) is 10.6. The molecule has 1 aromatic heterocycles. The van der Waals surface area contributed by atoms with Gasteiger partial charge < -0.3 is 4.42 Å². The molecule has 0 unspecified atom stereocenters. The van der Waals surface area contributed by atoms with E-state index in [0.29, 0.717) is 22.2 Å². The maximum atomic E-state index is 12.6. The lowest BCUT2D eigenvalue weighted by Gasteiger charge is -2.05. The molecular formula is C15H9BrINO3. The first-order valence-electron chi connectivity index (χ1n) is 6.06. The van der Waals surface area contributed by atoms with Crippen LogP contribution in [0.1, 0.15) is 15.9 Å². The van der Waals surface area contributed by atoms with Crippen LogP contribution in [0.15, 0.2) is 50.1 Å². The molecule has 0 radical (unpaired) electrons. The quantitative estimate of drug-likeness (QED) is 0.435.